The molecule has 0 aliphatic heterocycles. The number of nitrogens with one attached hydrogen (secondary N) is 1. The van der Waals surface area contributed by atoms with Gasteiger partial charge in [-0.2, -0.15) is 0 Å². The third kappa shape index (κ3) is 3.05. The second-order valence-electron chi connectivity index (χ2n) is 6.09. The number of thiophene rings is 1. The summed E-state index contributed by atoms with van der Waals surface area (Å²) in [5.74, 6) is 0.510. The van der Waals surface area contributed by atoms with Crippen LogP contribution in [0.3, 0.4) is 0 Å². The molecule has 0 bridgehead atoms. The second kappa shape index (κ2) is 7.25. The molecule has 0 saturated carbocycles. The average molecular weight is 389 g/mol. The minimum Gasteiger partial charge on any atom is -0.494 e. The maximum Gasteiger partial charge on any atom is 0.341 e. The predicted octanol–water partition coefficient (Wildman–Crippen LogP) is 5.17. The smallest absolute Gasteiger partial charge is 0.341 e. The quantitative estimate of drug-likeness (QED) is 0.611. The molecule has 3 aromatic rings. The van der Waals surface area contributed by atoms with E-state index in [1.165, 1.54) is 11.3 Å². The van der Waals surface area contributed by atoms with Gasteiger partial charge in [-0.3, -0.25) is 0 Å². The van der Waals surface area contributed by atoms with Crippen molar-refractivity contribution < 1.29 is 14.3 Å². The minimum atomic E-state index is -0.243. The SMILES string of the molecule is CCOC(=O)c1c(Nc2nc3c(OC)cccc3s2)sc2c1CCCC2. The molecule has 0 fully saturated rings. The van der Waals surface area contributed by atoms with Gasteiger partial charge in [-0.1, -0.05) is 17.4 Å². The van der Waals surface area contributed by atoms with Crippen LogP contribution in [0, 0.1) is 0 Å². The predicted molar refractivity (Wildman–Crippen MR) is 106 cm³/mol. The van der Waals surface area contributed by atoms with Gasteiger partial charge in [-0.05, 0) is 50.3 Å². The fourth-order valence-electron chi connectivity index (χ4n) is 3.31. The number of carbonyl (C=O) groups is 1. The number of ether oxygens (including phenoxy) is 2. The summed E-state index contributed by atoms with van der Waals surface area (Å²) < 4.78 is 11.8. The van der Waals surface area contributed by atoms with Crippen LogP contribution in [0.25, 0.3) is 10.2 Å². The molecule has 1 aliphatic rings. The fraction of sp³-hybridized carbons (Fsp3) is 0.368. The molecule has 136 valence electrons. The van der Waals surface area contributed by atoms with Crippen LogP contribution in [0.1, 0.15) is 40.6 Å². The van der Waals surface area contributed by atoms with Crippen LogP contribution >= 0.6 is 22.7 Å². The first-order chi connectivity index (χ1) is 12.7. The maximum atomic E-state index is 12.6. The van der Waals surface area contributed by atoms with Gasteiger partial charge in [0, 0.05) is 4.88 Å². The van der Waals surface area contributed by atoms with Crippen LogP contribution in [0.15, 0.2) is 18.2 Å². The number of hydrogen-bond donors (Lipinski definition) is 1. The molecule has 0 spiro atoms. The van der Waals surface area contributed by atoms with E-state index < -0.39 is 0 Å². The first-order valence-electron chi connectivity index (χ1n) is 8.73. The van der Waals surface area contributed by atoms with Crippen LogP contribution < -0.4 is 10.1 Å². The second-order valence-corrected chi connectivity index (χ2v) is 8.22. The van der Waals surface area contributed by atoms with Crippen molar-refractivity contribution in [2.45, 2.75) is 32.6 Å². The molecule has 0 radical (unpaired) electrons. The number of nitrogens with zero attached hydrogens (tertiary/aromatic N) is 1. The summed E-state index contributed by atoms with van der Waals surface area (Å²) in [7, 11) is 1.65. The molecule has 7 heteroatoms. The molecule has 2 heterocycles. The van der Waals surface area contributed by atoms with Crippen LogP contribution in [-0.4, -0.2) is 24.7 Å². The number of para-hydroxylation sites is 1. The highest BCUT2D eigenvalue weighted by molar-refractivity contribution is 7.23. The van der Waals surface area contributed by atoms with Crippen molar-refractivity contribution in [3.8, 4) is 5.75 Å². The van der Waals surface area contributed by atoms with Crippen molar-refractivity contribution in [3.05, 3.63) is 34.2 Å². The summed E-state index contributed by atoms with van der Waals surface area (Å²) in [5, 5.41) is 4.98. The molecule has 1 aliphatic carbocycles. The Labute approximate surface area is 160 Å². The summed E-state index contributed by atoms with van der Waals surface area (Å²) in [6.07, 6.45) is 4.26. The Kier molecular flexibility index (Phi) is 4.82. The molecule has 0 saturated heterocycles. The Bertz CT molecular complexity index is 961. The molecule has 2 aromatic heterocycles. The molecular weight excluding hydrogens is 368 g/mol. The highest BCUT2D eigenvalue weighted by atomic mass is 32.1. The summed E-state index contributed by atoms with van der Waals surface area (Å²) in [6.45, 7) is 2.21. The van der Waals surface area contributed by atoms with Crippen LogP contribution in [0.4, 0.5) is 10.1 Å². The molecule has 0 unspecified atom stereocenters. The van der Waals surface area contributed by atoms with Gasteiger partial charge >= 0.3 is 5.97 Å². The molecule has 26 heavy (non-hydrogen) atoms. The van der Waals surface area contributed by atoms with Gasteiger partial charge < -0.3 is 14.8 Å². The van der Waals surface area contributed by atoms with E-state index in [0.717, 1.165) is 50.9 Å². The van der Waals surface area contributed by atoms with Gasteiger partial charge in [-0.25, -0.2) is 9.78 Å². The number of esters is 1. The zero-order chi connectivity index (χ0) is 18.1. The van der Waals surface area contributed by atoms with E-state index in [-0.39, 0.29) is 5.97 Å². The van der Waals surface area contributed by atoms with Crippen LogP contribution in [-0.2, 0) is 17.6 Å². The zero-order valence-electron chi connectivity index (χ0n) is 14.8. The number of benzene rings is 1. The first kappa shape index (κ1) is 17.3. The molecular formula is C19H20N2O3S2. The van der Waals surface area contributed by atoms with Gasteiger partial charge in [0.2, 0.25) is 0 Å². The third-order valence-electron chi connectivity index (χ3n) is 4.47. The molecule has 5 nitrogen and oxygen atoms in total. The van der Waals surface area contributed by atoms with Crippen LogP contribution in [0.2, 0.25) is 0 Å². The van der Waals surface area contributed by atoms with Crippen LogP contribution in [0.5, 0.6) is 5.75 Å². The normalized spacial score (nSPS) is 13.5. The number of methoxy groups -OCH3 is 1. The number of aromatic nitrogens is 1. The standard InChI is InChI=1S/C19H20N2O3S2/c1-3-24-18(22)15-11-7-4-5-9-13(11)25-17(15)21-19-20-16-12(23-2)8-6-10-14(16)26-19/h6,8,10H,3-5,7,9H2,1-2H3,(H,20,21). The number of hydrogen-bond acceptors (Lipinski definition) is 7. The Morgan fingerprint density at radius 1 is 1.27 bits per heavy atom. The van der Waals surface area contributed by atoms with E-state index >= 15 is 0 Å². The number of thiazole rings is 1. The average Bonchev–Trinajstić information content (AvgIpc) is 3.22. The van der Waals surface area contributed by atoms with Gasteiger partial charge in [0.25, 0.3) is 0 Å². The van der Waals surface area contributed by atoms with Crippen molar-refractivity contribution in [1.82, 2.24) is 4.98 Å². The minimum absolute atomic E-state index is 0.243. The Morgan fingerprint density at radius 2 is 2.12 bits per heavy atom. The Balaban J connectivity index is 1.74. The lowest BCUT2D eigenvalue weighted by Crippen LogP contribution is -2.10. The summed E-state index contributed by atoms with van der Waals surface area (Å²) >= 11 is 3.21. The van der Waals surface area contributed by atoms with Gasteiger partial charge in [0.05, 0.1) is 24.0 Å². The van der Waals surface area contributed by atoms with E-state index in [1.54, 1.807) is 29.8 Å². The van der Waals surface area contributed by atoms with Crippen molar-refractivity contribution >= 4 is 49.0 Å². The van der Waals surface area contributed by atoms with Crippen molar-refractivity contribution in [2.75, 3.05) is 19.0 Å². The van der Waals surface area contributed by atoms with E-state index in [2.05, 4.69) is 10.3 Å². The highest BCUT2D eigenvalue weighted by Gasteiger charge is 2.27. The monoisotopic (exact) mass is 388 g/mol. The fourth-order valence-corrected chi connectivity index (χ4v) is 5.54. The lowest BCUT2D eigenvalue weighted by atomic mass is 9.95. The third-order valence-corrected chi connectivity index (χ3v) is 6.62. The molecule has 0 atom stereocenters. The number of fused-ring (bicyclic) bond motifs is 2. The number of aryl methyl sites for hydroxylation is 1. The summed E-state index contributed by atoms with van der Waals surface area (Å²) in [4.78, 5) is 18.5. The van der Waals surface area contributed by atoms with Crippen molar-refractivity contribution in [2.24, 2.45) is 0 Å². The van der Waals surface area contributed by atoms with E-state index in [0.29, 0.717) is 12.2 Å². The number of rotatable bonds is 5. The highest BCUT2D eigenvalue weighted by Crippen LogP contribution is 2.41. The topological polar surface area (TPSA) is 60.5 Å². The molecule has 0 amide bonds. The lowest BCUT2D eigenvalue weighted by molar-refractivity contribution is 0.0526. The van der Waals surface area contributed by atoms with E-state index in [1.807, 2.05) is 25.1 Å². The van der Waals surface area contributed by atoms with Gasteiger partial charge in [-0.15, -0.1) is 11.3 Å². The molecule has 1 aromatic carbocycles. The maximum absolute atomic E-state index is 12.6. The number of carbonyl (C=O) groups excluding carboxylic acids is 1. The molecule has 1 N–H and O–H groups in total. The zero-order valence-corrected chi connectivity index (χ0v) is 16.4. The molecule has 4 rings (SSSR count). The number of anilines is 2. The van der Waals surface area contributed by atoms with Crippen molar-refractivity contribution in [1.29, 1.82) is 0 Å². The largest absolute Gasteiger partial charge is 0.494 e. The Hall–Kier alpha value is -2.12. The van der Waals surface area contributed by atoms with E-state index in [9.17, 15) is 4.79 Å². The lowest BCUT2D eigenvalue weighted by Gasteiger charge is -2.12. The van der Waals surface area contributed by atoms with Crippen molar-refractivity contribution in [3.63, 3.8) is 0 Å². The Morgan fingerprint density at radius 3 is 2.92 bits per heavy atom. The summed E-state index contributed by atoms with van der Waals surface area (Å²) in [5.41, 5.74) is 2.68. The first-order valence-corrected chi connectivity index (χ1v) is 10.4. The van der Waals surface area contributed by atoms with Gasteiger partial charge in [0.1, 0.15) is 16.3 Å². The van der Waals surface area contributed by atoms with Gasteiger partial charge in [0.15, 0.2) is 5.13 Å². The summed E-state index contributed by atoms with van der Waals surface area (Å²) in [6, 6.07) is 5.88. The van der Waals surface area contributed by atoms with E-state index in [4.69, 9.17) is 9.47 Å².